The number of hydrogen-bond donors (Lipinski definition) is 4. The molecule has 0 atom stereocenters. The third-order valence-electron chi connectivity index (χ3n) is 2.03. The van der Waals surface area contributed by atoms with Crippen molar-refractivity contribution in [3.63, 3.8) is 0 Å². The van der Waals surface area contributed by atoms with E-state index in [1.54, 1.807) is 0 Å². The van der Waals surface area contributed by atoms with E-state index in [0.717, 1.165) is 0 Å². The molecule has 0 aromatic heterocycles. The van der Waals surface area contributed by atoms with Gasteiger partial charge in [0.1, 0.15) is 0 Å². The van der Waals surface area contributed by atoms with Crippen molar-refractivity contribution < 1.29 is 19.5 Å². The fourth-order valence-corrected chi connectivity index (χ4v) is 1.27. The van der Waals surface area contributed by atoms with Gasteiger partial charge in [-0.15, -0.1) is 0 Å². The van der Waals surface area contributed by atoms with Gasteiger partial charge in [-0.05, 0) is 6.42 Å². The standard InChI is InChI=1S/C9H13N3O4/c1-5(10-3-2-4-13)6-7(14)11-9(16)12-8(6)15/h6,10,13H,1-4H2,(H2,11,12,14,15,16). The molecule has 0 radical (unpaired) electrons. The Bertz CT molecular complexity index is 320. The minimum absolute atomic E-state index is 0.00181. The molecule has 1 heterocycles. The maximum atomic E-state index is 11.3. The molecule has 4 N–H and O–H groups in total. The Morgan fingerprint density at radius 3 is 2.38 bits per heavy atom. The molecule has 0 unspecified atom stereocenters. The summed E-state index contributed by atoms with van der Waals surface area (Å²) in [5.74, 6) is -2.51. The number of carbonyl (C=O) groups is 3. The fraction of sp³-hybridized carbons (Fsp3) is 0.444. The van der Waals surface area contributed by atoms with Gasteiger partial charge >= 0.3 is 6.03 Å². The summed E-state index contributed by atoms with van der Waals surface area (Å²) in [6.45, 7) is 3.96. The Kier molecular flexibility index (Phi) is 4.01. The molecular formula is C9H13N3O4. The van der Waals surface area contributed by atoms with Crippen LogP contribution in [0.3, 0.4) is 0 Å². The quantitative estimate of drug-likeness (QED) is 0.336. The number of aliphatic hydroxyl groups excluding tert-OH is 1. The Morgan fingerprint density at radius 1 is 1.31 bits per heavy atom. The molecule has 0 aromatic rings. The molecule has 0 aliphatic carbocycles. The highest BCUT2D eigenvalue weighted by Gasteiger charge is 2.36. The molecule has 1 aliphatic rings. The zero-order chi connectivity index (χ0) is 12.1. The summed E-state index contributed by atoms with van der Waals surface area (Å²) in [6.07, 6.45) is 0.480. The number of hydrogen-bond acceptors (Lipinski definition) is 5. The van der Waals surface area contributed by atoms with E-state index in [0.29, 0.717) is 13.0 Å². The van der Waals surface area contributed by atoms with E-state index >= 15 is 0 Å². The molecule has 7 heteroatoms. The lowest BCUT2D eigenvalue weighted by molar-refractivity contribution is -0.134. The lowest BCUT2D eigenvalue weighted by Gasteiger charge is -2.22. The van der Waals surface area contributed by atoms with Crippen molar-refractivity contribution in [1.82, 2.24) is 16.0 Å². The zero-order valence-corrected chi connectivity index (χ0v) is 8.58. The van der Waals surface area contributed by atoms with Gasteiger partial charge in [0.15, 0.2) is 5.92 Å². The van der Waals surface area contributed by atoms with Gasteiger partial charge in [-0.2, -0.15) is 0 Å². The molecule has 88 valence electrons. The highest BCUT2D eigenvalue weighted by molar-refractivity contribution is 6.17. The first kappa shape index (κ1) is 12.2. The van der Waals surface area contributed by atoms with Crippen LogP contribution in [0.5, 0.6) is 0 Å². The van der Waals surface area contributed by atoms with Crippen molar-refractivity contribution in [2.75, 3.05) is 13.2 Å². The summed E-state index contributed by atoms with van der Waals surface area (Å²) in [6, 6.07) is -0.825. The van der Waals surface area contributed by atoms with Gasteiger partial charge in [0.05, 0.1) is 0 Å². The number of amides is 4. The van der Waals surface area contributed by atoms with Gasteiger partial charge in [0.25, 0.3) is 0 Å². The van der Waals surface area contributed by atoms with Crippen LogP contribution < -0.4 is 16.0 Å². The number of imide groups is 2. The van der Waals surface area contributed by atoms with Crippen molar-refractivity contribution in [2.24, 2.45) is 5.92 Å². The van der Waals surface area contributed by atoms with Crippen LogP contribution in [0.2, 0.25) is 0 Å². The van der Waals surface area contributed by atoms with Crippen LogP contribution in [0.1, 0.15) is 6.42 Å². The first-order valence-electron chi connectivity index (χ1n) is 4.75. The number of urea groups is 1. The summed E-state index contributed by atoms with van der Waals surface area (Å²) in [4.78, 5) is 33.5. The molecule has 1 saturated heterocycles. The maximum Gasteiger partial charge on any atom is 0.328 e. The maximum absolute atomic E-state index is 11.3. The SMILES string of the molecule is C=C(NCCCO)C1C(=O)NC(=O)NC1=O. The summed E-state index contributed by atoms with van der Waals surface area (Å²) < 4.78 is 0. The predicted octanol–water partition coefficient (Wildman–Crippen LogP) is -1.55. The molecule has 0 saturated carbocycles. The number of rotatable bonds is 5. The fourth-order valence-electron chi connectivity index (χ4n) is 1.27. The van der Waals surface area contributed by atoms with Crippen molar-refractivity contribution >= 4 is 17.8 Å². The smallest absolute Gasteiger partial charge is 0.328 e. The topological polar surface area (TPSA) is 108 Å². The highest BCUT2D eigenvalue weighted by Crippen LogP contribution is 2.09. The van der Waals surface area contributed by atoms with Gasteiger partial charge < -0.3 is 10.4 Å². The molecule has 7 nitrogen and oxygen atoms in total. The molecule has 4 amide bonds. The average molecular weight is 227 g/mol. The second-order valence-corrected chi connectivity index (χ2v) is 3.27. The third kappa shape index (κ3) is 2.80. The van der Waals surface area contributed by atoms with Crippen molar-refractivity contribution in [3.8, 4) is 0 Å². The molecular weight excluding hydrogens is 214 g/mol. The molecule has 16 heavy (non-hydrogen) atoms. The first-order chi connectivity index (χ1) is 7.56. The van der Waals surface area contributed by atoms with E-state index in [2.05, 4.69) is 11.9 Å². The van der Waals surface area contributed by atoms with Gasteiger partial charge in [-0.1, -0.05) is 6.58 Å². The van der Waals surface area contributed by atoms with Gasteiger partial charge in [-0.25, -0.2) is 4.79 Å². The van der Waals surface area contributed by atoms with Gasteiger partial charge in [-0.3, -0.25) is 20.2 Å². The molecule has 0 spiro atoms. The lowest BCUT2D eigenvalue weighted by atomic mass is 10.0. The molecule has 0 bridgehead atoms. The van der Waals surface area contributed by atoms with E-state index in [9.17, 15) is 14.4 Å². The van der Waals surface area contributed by atoms with Crippen LogP contribution in [0.4, 0.5) is 4.79 Å². The monoisotopic (exact) mass is 227 g/mol. The first-order valence-corrected chi connectivity index (χ1v) is 4.75. The van der Waals surface area contributed by atoms with Crippen molar-refractivity contribution in [1.29, 1.82) is 0 Å². The van der Waals surface area contributed by atoms with Crippen LogP contribution in [0.15, 0.2) is 12.3 Å². The predicted molar refractivity (Wildman–Crippen MR) is 54.0 cm³/mol. The van der Waals surface area contributed by atoms with E-state index in [1.807, 2.05) is 10.6 Å². The Hall–Kier alpha value is -1.89. The Morgan fingerprint density at radius 2 is 1.88 bits per heavy atom. The van der Waals surface area contributed by atoms with Crippen molar-refractivity contribution in [2.45, 2.75) is 6.42 Å². The van der Waals surface area contributed by atoms with Crippen LogP contribution in [0, 0.1) is 5.92 Å². The van der Waals surface area contributed by atoms with E-state index in [-0.39, 0.29) is 12.3 Å². The van der Waals surface area contributed by atoms with E-state index in [1.165, 1.54) is 0 Å². The number of barbiturate groups is 1. The van der Waals surface area contributed by atoms with E-state index < -0.39 is 23.8 Å². The van der Waals surface area contributed by atoms with Crippen molar-refractivity contribution in [3.05, 3.63) is 12.3 Å². The summed E-state index contributed by atoms with van der Waals surface area (Å²) >= 11 is 0. The minimum atomic E-state index is -1.11. The van der Waals surface area contributed by atoms with Crippen LogP contribution in [-0.4, -0.2) is 36.1 Å². The van der Waals surface area contributed by atoms with Crippen LogP contribution >= 0.6 is 0 Å². The number of carbonyl (C=O) groups excluding carboxylic acids is 3. The highest BCUT2D eigenvalue weighted by atomic mass is 16.3. The van der Waals surface area contributed by atoms with Crippen LogP contribution in [0.25, 0.3) is 0 Å². The molecule has 1 fully saturated rings. The van der Waals surface area contributed by atoms with Crippen LogP contribution in [-0.2, 0) is 9.59 Å². The zero-order valence-electron chi connectivity index (χ0n) is 8.58. The van der Waals surface area contributed by atoms with E-state index in [4.69, 9.17) is 5.11 Å². The normalized spacial score (nSPS) is 16.7. The second kappa shape index (κ2) is 5.26. The molecule has 1 rings (SSSR count). The Labute approximate surface area is 91.9 Å². The number of nitrogens with one attached hydrogen (secondary N) is 3. The molecule has 0 aromatic carbocycles. The summed E-state index contributed by atoms with van der Waals surface area (Å²) in [5.41, 5.74) is 0.205. The van der Waals surface area contributed by atoms with Gasteiger partial charge in [0.2, 0.25) is 11.8 Å². The Balaban J connectivity index is 2.57. The summed E-state index contributed by atoms with van der Waals surface area (Å²) in [7, 11) is 0. The second-order valence-electron chi connectivity index (χ2n) is 3.27. The largest absolute Gasteiger partial charge is 0.396 e. The minimum Gasteiger partial charge on any atom is -0.396 e. The lowest BCUT2D eigenvalue weighted by Crippen LogP contribution is -2.57. The summed E-state index contributed by atoms with van der Waals surface area (Å²) in [5, 5.41) is 15.2. The average Bonchev–Trinajstić information content (AvgIpc) is 2.16. The number of aliphatic hydroxyl groups is 1. The van der Waals surface area contributed by atoms with Gasteiger partial charge in [0, 0.05) is 18.8 Å². The third-order valence-corrected chi connectivity index (χ3v) is 2.03. The molecule has 1 aliphatic heterocycles.